The van der Waals surface area contributed by atoms with Crippen LogP contribution in [0.4, 0.5) is 5.69 Å². The SMILES string of the molecule is Cc1nc(-c2cccc3ccccc23)nc2c1C(=O)C(Nc1ccccc1)=CC2=O. The number of aromatic nitrogens is 2. The number of aryl methyl sites for hydroxylation is 1. The van der Waals surface area contributed by atoms with E-state index in [-0.39, 0.29) is 28.5 Å². The van der Waals surface area contributed by atoms with E-state index in [1.807, 2.05) is 72.8 Å². The average molecular weight is 391 g/mol. The van der Waals surface area contributed by atoms with E-state index in [0.717, 1.165) is 22.0 Å². The lowest BCUT2D eigenvalue weighted by molar-refractivity contribution is 0.0981. The Balaban J connectivity index is 1.61. The van der Waals surface area contributed by atoms with Crippen molar-refractivity contribution in [2.24, 2.45) is 0 Å². The number of Topliss-reactive ketones (excluding diaryl/α,β-unsaturated/α-hetero) is 1. The summed E-state index contributed by atoms with van der Waals surface area (Å²) in [4.78, 5) is 35.1. The zero-order chi connectivity index (χ0) is 20.7. The fourth-order valence-corrected chi connectivity index (χ4v) is 3.73. The molecule has 1 aromatic heterocycles. The van der Waals surface area contributed by atoms with Crippen LogP contribution in [-0.4, -0.2) is 21.5 Å². The predicted molar refractivity (Wildman–Crippen MR) is 117 cm³/mol. The van der Waals surface area contributed by atoms with Gasteiger partial charge in [0, 0.05) is 17.3 Å². The Morgan fingerprint density at radius 1 is 0.800 bits per heavy atom. The Kier molecular flexibility index (Phi) is 4.21. The van der Waals surface area contributed by atoms with Crippen LogP contribution in [0.1, 0.15) is 26.5 Å². The van der Waals surface area contributed by atoms with Crippen LogP contribution in [0.25, 0.3) is 22.2 Å². The summed E-state index contributed by atoms with van der Waals surface area (Å²) in [5.74, 6) is -0.150. The summed E-state index contributed by atoms with van der Waals surface area (Å²) in [6.07, 6.45) is 1.32. The molecule has 5 rings (SSSR count). The maximum atomic E-state index is 13.1. The van der Waals surface area contributed by atoms with Gasteiger partial charge in [-0.15, -0.1) is 0 Å². The van der Waals surface area contributed by atoms with Crippen LogP contribution < -0.4 is 5.32 Å². The molecule has 0 saturated carbocycles. The van der Waals surface area contributed by atoms with E-state index >= 15 is 0 Å². The van der Waals surface area contributed by atoms with Gasteiger partial charge in [-0.05, 0) is 29.8 Å². The van der Waals surface area contributed by atoms with E-state index in [1.54, 1.807) is 6.92 Å². The number of ketones is 2. The van der Waals surface area contributed by atoms with Gasteiger partial charge in [0.15, 0.2) is 5.82 Å². The molecule has 4 aromatic rings. The summed E-state index contributed by atoms with van der Waals surface area (Å²) >= 11 is 0. The fourth-order valence-electron chi connectivity index (χ4n) is 3.73. The molecular formula is C25H17N3O2. The van der Waals surface area contributed by atoms with Crippen molar-refractivity contribution in [3.63, 3.8) is 0 Å². The van der Waals surface area contributed by atoms with Gasteiger partial charge in [-0.25, -0.2) is 9.97 Å². The van der Waals surface area contributed by atoms with E-state index in [9.17, 15) is 9.59 Å². The molecule has 1 heterocycles. The first-order valence-electron chi connectivity index (χ1n) is 9.61. The number of nitrogens with zero attached hydrogens (tertiary/aromatic N) is 2. The maximum Gasteiger partial charge on any atom is 0.213 e. The third-order valence-corrected chi connectivity index (χ3v) is 5.15. The molecule has 3 aromatic carbocycles. The lowest BCUT2D eigenvalue weighted by atomic mass is 9.95. The topological polar surface area (TPSA) is 72.0 Å². The molecule has 5 nitrogen and oxygen atoms in total. The first kappa shape index (κ1) is 17.9. The number of nitrogens with one attached hydrogen (secondary N) is 1. The minimum Gasteiger partial charge on any atom is -0.352 e. The predicted octanol–water partition coefficient (Wildman–Crippen LogP) is 4.98. The highest BCUT2D eigenvalue weighted by Gasteiger charge is 2.30. The molecule has 0 aliphatic heterocycles. The van der Waals surface area contributed by atoms with Gasteiger partial charge in [-0.2, -0.15) is 0 Å². The maximum absolute atomic E-state index is 13.1. The van der Waals surface area contributed by atoms with Crippen molar-refractivity contribution in [3.05, 3.63) is 102 Å². The first-order valence-corrected chi connectivity index (χ1v) is 9.61. The van der Waals surface area contributed by atoms with Crippen molar-refractivity contribution in [3.8, 4) is 11.4 Å². The number of para-hydroxylation sites is 1. The van der Waals surface area contributed by atoms with Crippen molar-refractivity contribution < 1.29 is 9.59 Å². The minimum atomic E-state index is -0.310. The smallest absolute Gasteiger partial charge is 0.213 e. The Hall–Kier alpha value is -4.12. The highest BCUT2D eigenvalue weighted by molar-refractivity contribution is 6.25. The Morgan fingerprint density at radius 3 is 2.37 bits per heavy atom. The summed E-state index contributed by atoms with van der Waals surface area (Å²) in [6.45, 7) is 1.74. The zero-order valence-corrected chi connectivity index (χ0v) is 16.2. The molecule has 1 aliphatic rings. The van der Waals surface area contributed by atoms with Crippen LogP contribution in [0.5, 0.6) is 0 Å². The number of rotatable bonds is 3. The van der Waals surface area contributed by atoms with Crippen molar-refractivity contribution in [2.45, 2.75) is 6.92 Å². The second-order valence-corrected chi connectivity index (χ2v) is 7.13. The number of carbonyl (C=O) groups is 2. The molecule has 5 heteroatoms. The molecule has 30 heavy (non-hydrogen) atoms. The molecule has 0 atom stereocenters. The van der Waals surface area contributed by atoms with Crippen LogP contribution in [-0.2, 0) is 0 Å². The molecule has 0 unspecified atom stereocenters. The van der Waals surface area contributed by atoms with Crippen LogP contribution in [0, 0.1) is 6.92 Å². The average Bonchev–Trinajstić information content (AvgIpc) is 2.77. The molecule has 0 saturated heterocycles. The zero-order valence-electron chi connectivity index (χ0n) is 16.2. The summed E-state index contributed by atoms with van der Waals surface area (Å²) in [5.41, 5.74) is 2.68. The summed E-state index contributed by atoms with van der Waals surface area (Å²) < 4.78 is 0. The van der Waals surface area contributed by atoms with Crippen molar-refractivity contribution in [1.82, 2.24) is 9.97 Å². The lowest BCUT2D eigenvalue weighted by Crippen LogP contribution is -2.25. The molecule has 0 spiro atoms. The molecule has 0 fully saturated rings. The number of carbonyl (C=O) groups excluding carboxylic acids is 2. The summed E-state index contributed by atoms with van der Waals surface area (Å²) in [7, 11) is 0. The summed E-state index contributed by atoms with van der Waals surface area (Å²) in [5, 5.41) is 5.09. The molecule has 1 aliphatic carbocycles. The van der Waals surface area contributed by atoms with Gasteiger partial charge in [0.25, 0.3) is 0 Å². The number of allylic oxidation sites excluding steroid dienone is 2. The Labute approximate surface area is 173 Å². The Bertz CT molecular complexity index is 1350. The Morgan fingerprint density at radius 2 is 1.53 bits per heavy atom. The molecule has 0 radical (unpaired) electrons. The number of fused-ring (bicyclic) bond motifs is 2. The van der Waals surface area contributed by atoms with Crippen molar-refractivity contribution >= 4 is 28.0 Å². The largest absolute Gasteiger partial charge is 0.352 e. The molecule has 0 bridgehead atoms. The quantitative estimate of drug-likeness (QED) is 0.533. The van der Waals surface area contributed by atoms with E-state index in [1.165, 1.54) is 6.08 Å². The lowest BCUT2D eigenvalue weighted by Gasteiger charge is -2.18. The summed E-state index contributed by atoms with van der Waals surface area (Å²) in [6, 6.07) is 23.1. The number of hydrogen-bond acceptors (Lipinski definition) is 5. The number of anilines is 1. The van der Waals surface area contributed by atoms with E-state index in [4.69, 9.17) is 0 Å². The highest BCUT2D eigenvalue weighted by Crippen LogP contribution is 2.30. The molecule has 1 N–H and O–H groups in total. The molecule has 144 valence electrons. The second-order valence-electron chi connectivity index (χ2n) is 7.13. The monoisotopic (exact) mass is 391 g/mol. The van der Waals surface area contributed by atoms with Gasteiger partial charge in [-0.1, -0.05) is 60.7 Å². The number of hydrogen-bond donors (Lipinski definition) is 1. The molecular weight excluding hydrogens is 374 g/mol. The van der Waals surface area contributed by atoms with Gasteiger partial charge in [0.2, 0.25) is 11.6 Å². The van der Waals surface area contributed by atoms with Crippen LogP contribution in [0.15, 0.2) is 84.6 Å². The van der Waals surface area contributed by atoms with E-state index in [0.29, 0.717) is 11.5 Å². The van der Waals surface area contributed by atoms with Gasteiger partial charge < -0.3 is 5.32 Å². The van der Waals surface area contributed by atoms with Crippen molar-refractivity contribution in [1.29, 1.82) is 0 Å². The van der Waals surface area contributed by atoms with Gasteiger partial charge in [0.1, 0.15) is 5.69 Å². The van der Waals surface area contributed by atoms with Crippen LogP contribution >= 0.6 is 0 Å². The van der Waals surface area contributed by atoms with Crippen LogP contribution in [0.2, 0.25) is 0 Å². The normalized spacial score (nSPS) is 13.2. The van der Waals surface area contributed by atoms with Gasteiger partial charge >= 0.3 is 0 Å². The first-order chi connectivity index (χ1) is 14.6. The molecule has 0 amide bonds. The number of benzene rings is 3. The highest BCUT2D eigenvalue weighted by atomic mass is 16.1. The standard InChI is InChI=1S/C25H17N3O2/c1-15-22-23(21(29)14-20(24(22)30)27-17-10-3-2-4-11-17)28-25(26-15)19-13-7-9-16-8-5-6-12-18(16)19/h2-14,27H,1H3. The third kappa shape index (κ3) is 2.97. The second kappa shape index (κ2) is 7.04. The van der Waals surface area contributed by atoms with Crippen LogP contribution in [0.3, 0.4) is 0 Å². The van der Waals surface area contributed by atoms with Crippen molar-refractivity contribution in [2.75, 3.05) is 5.32 Å². The third-order valence-electron chi connectivity index (χ3n) is 5.15. The van der Waals surface area contributed by atoms with Gasteiger partial charge in [0.05, 0.1) is 17.0 Å². The fraction of sp³-hybridized carbons (Fsp3) is 0.0400. The minimum absolute atomic E-state index is 0.147. The van der Waals surface area contributed by atoms with E-state index < -0.39 is 0 Å². The van der Waals surface area contributed by atoms with E-state index in [2.05, 4.69) is 15.3 Å². The van der Waals surface area contributed by atoms with Gasteiger partial charge in [-0.3, -0.25) is 9.59 Å².